The lowest BCUT2D eigenvalue weighted by molar-refractivity contribution is -0.115. The van der Waals surface area contributed by atoms with E-state index in [1.54, 1.807) is 41.2 Å². The van der Waals surface area contributed by atoms with Crippen LogP contribution in [-0.2, 0) is 9.59 Å². The van der Waals surface area contributed by atoms with Crippen LogP contribution in [0.25, 0.3) is 5.69 Å². The third-order valence-corrected chi connectivity index (χ3v) is 5.28. The lowest BCUT2D eigenvalue weighted by atomic mass is 10.2. The van der Waals surface area contributed by atoms with Crippen LogP contribution in [-0.4, -0.2) is 39.8 Å². The standard InChI is InChI=1S/C20H17N5O3S/c26-18(23-14-3-5-15(6-4-14)25-9-1-8-22-25)11-21-20(28)13-2-7-17-16(10-13)24-19(27)12-29-17/h1-10H,11-12H2,(H,21,28)(H,23,26)(H,24,27). The largest absolute Gasteiger partial charge is 0.343 e. The summed E-state index contributed by atoms with van der Waals surface area (Å²) in [5.41, 5.74) is 2.48. The molecule has 0 saturated carbocycles. The summed E-state index contributed by atoms with van der Waals surface area (Å²) >= 11 is 1.42. The number of anilines is 2. The molecule has 3 N–H and O–H groups in total. The summed E-state index contributed by atoms with van der Waals surface area (Å²) in [5.74, 6) is -0.464. The van der Waals surface area contributed by atoms with Gasteiger partial charge in [-0.2, -0.15) is 5.10 Å². The summed E-state index contributed by atoms with van der Waals surface area (Å²) < 4.78 is 1.71. The topological polar surface area (TPSA) is 105 Å². The van der Waals surface area contributed by atoms with Crippen molar-refractivity contribution in [3.05, 3.63) is 66.5 Å². The zero-order valence-electron chi connectivity index (χ0n) is 15.2. The van der Waals surface area contributed by atoms with Gasteiger partial charge >= 0.3 is 0 Å². The number of thioether (sulfide) groups is 1. The number of carbonyl (C=O) groups excluding carboxylic acids is 3. The number of hydrogen-bond acceptors (Lipinski definition) is 5. The Bertz CT molecular complexity index is 1060. The number of rotatable bonds is 5. The van der Waals surface area contributed by atoms with Crippen molar-refractivity contribution in [2.75, 3.05) is 22.9 Å². The molecule has 8 nitrogen and oxygen atoms in total. The van der Waals surface area contributed by atoms with Crippen LogP contribution in [0.3, 0.4) is 0 Å². The SMILES string of the molecule is O=C(CNC(=O)c1ccc2c(c1)NC(=O)CS2)Nc1ccc(-n2cccn2)cc1. The minimum Gasteiger partial charge on any atom is -0.343 e. The Hall–Kier alpha value is -3.59. The number of carbonyl (C=O) groups is 3. The van der Waals surface area contributed by atoms with Gasteiger partial charge in [-0.15, -0.1) is 11.8 Å². The van der Waals surface area contributed by atoms with Crippen molar-refractivity contribution in [2.24, 2.45) is 0 Å². The minimum atomic E-state index is -0.387. The van der Waals surface area contributed by atoms with Crippen molar-refractivity contribution < 1.29 is 14.4 Å². The molecule has 0 unspecified atom stereocenters. The normalized spacial score (nSPS) is 12.6. The van der Waals surface area contributed by atoms with E-state index in [4.69, 9.17) is 0 Å². The third kappa shape index (κ3) is 4.46. The average molecular weight is 407 g/mol. The monoisotopic (exact) mass is 407 g/mol. The molecule has 0 atom stereocenters. The van der Waals surface area contributed by atoms with Gasteiger partial charge in [0, 0.05) is 28.5 Å². The minimum absolute atomic E-state index is 0.0991. The van der Waals surface area contributed by atoms with E-state index in [0.29, 0.717) is 22.7 Å². The van der Waals surface area contributed by atoms with Crippen LogP contribution in [0.4, 0.5) is 11.4 Å². The van der Waals surface area contributed by atoms with Gasteiger partial charge in [-0.3, -0.25) is 14.4 Å². The molecular formula is C20H17N5O3S. The van der Waals surface area contributed by atoms with Crippen LogP contribution in [0.1, 0.15) is 10.4 Å². The van der Waals surface area contributed by atoms with Gasteiger partial charge in [0.1, 0.15) is 0 Å². The Morgan fingerprint density at radius 3 is 2.76 bits per heavy atom. The van der Waals surface area contributed by atoms with Gasteiger partial charge in [-0.05, 0) is 48.5 Å². The summed E-state index contributed by atoms with van der Waals surface area (Å²) in [4.78, 5) is 36.9. The van der Waals surface area contributed by atoms with Gasteiger partial charge in [0.15, 0.2) is 0 Å². The Labute approximate surface area is 170 Å². The highest BCUT2D eigenvalue weighted by Gasteiger charge is 2.17. The van der Waals surface area contributed by atoms with Crippen molar-refractivity contribution >= 4 is 40.9 Å². The molecule has 2 aromatic carbocycles. The van der Waals surface area contributed by atoms with Crippen LogP contribution in [0.5, 0.6) is 0 Å². The Morgan fingerprint density at radius 2 is 2.00 bits per heavy atom. The second kappa shape index (κ2) is 8.19. The summed E-state index contributed by atoms with van der Waals surface area (Å²) in [7, 11) is 0. The van der Waals surface area contributed by atoms with E-state index in [1.165, 1.54) is 11.8 Å². The molecule has 3 amide bonds. The smallest absolute Gasteiger partial charge is 0.251 e. The van der Waals surface area contributed by atoms with E-state index in [1.807, 2.05) is 24.4 Å². The van der Waals surface area contributed by atoms with E-state index in [-0.39, 0.29) is 24.3 Å². The fraction of sp³-hybridized carbons (Fsp3) is 0.100. The van der Waals surface area contributed by atoms with E-state index in [9.17, 15) is 14.4 Å². The molecule has 9 heteroatoms. The fourth-order valence-electron chi connectivity index (χ4n) is 2.81. The van der Waals surface area contributed by atoms with E-state index in [0.717, 1.165) is 10.6 Å². The van der Waals surface area contributed by atoms with Gasteiger partial charge in [-0.1, -0.05) is 0 Å². The summed E-state index contributed by atoms with van der Waals surface area (Å²) in [5, 5.41) is 12.2. The molecule has 2 heterocycles. The first-order valence-corrected chi connectivity index (χ1v) is 9.82. The molecule has 1 aliphatic rings. The highest BCUT2D eigenvalue weighted by molar-refractivity contribution is 8.00. The predicted octanol–water partition coefficient (Wildman–Crippen LogP) is 2.29. The molecular weight excluding hydrogens is 390 g/mol. The number of benzene rings is 2. The Kier molecular flexibility index (Phi) is 5.30. The number of fused-ring (bicyclic) bond motifs is 1. The maximum atomic E-state index is 12.3. The molecule has 0 radical (unpaired) electrons. The van der Waals surface area contributed by atoms with Crippen LogP contribution < -0.4 is 16.0 Å². The molecule has 1 aromatic heterocycles. The van der Waals surface area contributed by atoms with Crippen LogP contribution in [0.2, 0.25) is 0 Å². The van der Waals surface area contributed by atoms with Crippen molar-refractivity contribution in [1.82, 2.24) is 15.1 Å². The molecule has 0 fully saturated rings. The van der Waals surface area contributed by atoms with E-state index < -0.39 is 0 Å². The highest BCUT2D eigenvalue weighted by atomic mass is 32.2. The number of amides is 3. The number of hydrogen-bond donors (Lipinski definition) is 3. The molecule has 0 saturated heterocycles. The first kappa shape index (κ1) is 18.8. The van der Waals surface area contributed by atoms with Gasteiger partial charge in [0.25, 0.3) is 5.91 Å². The summed E-state index contributed by atoms with van der Waals surface area (Å²) in [6.07, 6.45) is 3.52. The maximum absolute atomic E-state index is 12.3. The fourth-order valence-corrected chi connectivity index (χ4v) is 3.60. The molecule has 0 bridgehead atoms. The molecule has 29 heavy (non-hydrogen) atoms. The second-order valence-electron chi connectivity index (χ2n) is 6.28. The van der Waals surface area contributed by atoms with Crippen molar-refractivity contribution in [3.8, 4) is 5.69 Å². The van der Waals surface area contributed by atoms with Crippen LogP contribution >= 0.6 is 11.8 Å². The van der Waals surface area contributed by atoms with Crippen molar-refractivity contribution in [3.63, 3.8) is 0 Å². The summed E-state index contributed by atoms with van der Waals surface area (Å²) in [6, 6.07) is 14.1. The lowest BCUT2D eigenvalue weighted by Gasteiger charge is -2.16. The zero-order chi connectivity index (χ0) is 20.2. The number of nitrogens with zero attached hydrogens (tertiary/aromatic N) is 2. The van der Waals surface area contributed by atoms with Gasteiger partial charge < -0.3 is 16.0 Å². The van der Waals surface area contributed by atoms with E-state index >= 15 is 0 Å². The second-order valence-corrected chi connectivity index (χ2v) is 7.29. The molecule has 0 aliphatic carbocycles. The van der Waals surface area contributed by atoms with Crippen LogP contribution in [0.15, 0.2) is 65.8 Å². The lowest BCUT2D eigenvalue weighted by Crippen LogP contribution is -2.33. The average Bonchev–Trinajstić information content (AvgIpc) is 3.27. The first-order chi connectivity index (χ1) is 14.1. The van der Waals surface area contributed by atoms with Crippen LogP contribution in [0, 0.1) is 0 Å². The van der Waals surface area contributed by atoms with Gasteiger partial charge in [0.2, 0.25) is 11.8 Å². The molecule has 3 aromatic rings. The van der Waals surface area contributed by atoms with Gasteiger partial charge in [-0.25, -0.2) is 4.68 Å². The zero-order valence-corrected chi connectivity index (χ0v) is 16.0. The highest BCUT2D eigenvalue weighted by Crippen LogP contribution is 2.31. The molecule has 0 spiro atoms. The Morgan fingerprint density at radius 1 is 1.17 bits per heavy atom. The third-order valence-electron chi connectivity index (χ3n) is 4.20. The molecule has 1 aliphatic heterocycles. The Balaban J connectivity index is 1.32. The quantitative estimate of drug-likeness (QED) is 0.602. The molecule has 4 rings (SSSR count). The molecule has 146 valence electrons. The first-order valence-electron chi connectivity index (χ1n) is 8.83. The predicted molar refractivity (Wildman–Crippen MR) is 110 cm³/mol. The summed E-state index contributed by atoms with van der Waals surface area (Å²) in [6.45, 7) is -0.169. The maximum Gasteiger partial charge on any atom is 0.251 e. The van der Waals surface area contributed by atoms with Crippen molar-refractivity contribution in [2.45, 2.75) is 4.90 Å². The number of aromatic nitrogens is 2. The van der Waals surface area contributed by atoms with Gasteiger partial charge in [0.05, 0.1) is 23.7 Å². The van der Waals surface area contributed by atoms with Crippen molar-refractivity contribution in [1.29, 1.82) is 0 Å². The van der Waals surface area contributed by atoms with E-state index in [2.05, 4.69) is 21.0 Å². The number of nitrogens with one attached hydrogen (secondary N) is 3.